The molecule has 0 aliphatic heterocycles. The van der Waals surface area contributed by atoms with E-state index in [0.717, 1.165) is 32.1 Å². The second-order valence-electron chi connectivity index (χ2n) is 6.58. The molecule has 0 aromatic rings. The summed E-state index contributed by atoms with van der Waals surface area (Å²) in [6.45, 7) is 4.33. The lowest BCUT2D eigenvalue weighted by Gasteiger charge is -2.55. The first kappa shape index (κ1) is 13.6. The van der Waals surface area contributed by atoms with Gasteiger partial charge in [-0.3, -0.25) is 4.79 Å². The van der Waals surface area contributed by atoms with E-state index < -0.39 is 0 Å². The molecule has 100 valence electrons. The molecule has 3 aliphatic carbocycles. The van der Waals surface area contributed by atoms with Gasteiger partial charge in [-0.1, -0.05) is 13.8 Å². The largest absolute Gasteiger partial charge is 0.299 e. The van der Waals surface area contributed by atoms with Crippen LogP contribution in [-0.2, 0) is 4.79 Å². The molecule has 18 heavy (non-hydrogen) atoms. The first-order chi connectivity index (χ1) is 8.58. The summed E-state index contributed by atoms with van der Waals surface area (Å²) >= 11 is 0. The zero-order chi connectivity index (χ0) is 13.2. The molecule has 0 heterocycles. The quantitative estimate of drug-likeness (QED) is 0.729. The van der Waals surface area contributed by atoms with E-state index in [-0.39, 0.29) is 5.41 Å². The van der Waals surface area contributed by atoms with Crippen molar-refractivity contribution in [2.45, 2.75) is 71.6 Å². The van der Waals surface area contributed by atoms with E-state index in [4.69, 9.17) is 5.26 Å². The minimum Gasteiger partial charge on any atom is -0.299 e. The van der Waals surface area contributed by atoms with Crippen LogP contribution < -0.4 is 0 Å². The molecule has 3 fully saturated rings. The van der Waals surface area contributed by atoms with Crippen molar-refractivity contribution < 1.29 is 4.79 Å². The Kier molecular flexibility index (Phi) is 3.80. The summed E-state index contributed by atoms with van der Waals surface area (Å²) in [5, 5.41) is 8.89. The van der Waals surface area contributed by atoms with Crippen molar-refractivity contribution in [3.63, 3.8) is 0 Å². The summed E-state index contributed by atoms with van der Waals surface area (Å²) in [5.41, 5.74) is 0.411. The summed E-state index contributed by atoms with van der Waals surface area (Å²) in [6, 6.07) is 2.33. The van der Waals surface area contributed by atoms with Gasteiger partial charge in [0.05, 0.1) is 6.07 Å². The Balaban J connectivity index is 2.06. The van der Waals surface area contributed by atoms with Crippen molar-refractivity contribution in [2.75, 3.05) is 0 Å². The fourth-order valence-corrected chi connectivity index (χ4v) is 4.22. The van der Waals surface area contributed by atoms with Gasteiger partial charge in [0, 0.05) is 18.3 Å². The molecule has 3 rings (SSSR count). The molecular weight excluding hydrogens is 222 g/mol. The van der Waals surface area contributed by atoms with Gasteiger partial charge in [-0.15, -0.1) is 0 Å². The molecule has 2 bridgehead atoms. The van der Waals surface area contributed by atoms with Gasteiger partial charge in [-0.2, -0.15) is 5.26 Å². The third-order valence-electron chi connectivity index (χ3n) is 5.82. The van der Waals surface area contributed by atoms with Gasteiger partial charge in [-0.05, 0) is 56.3 Å². The van der Waals surface area contributed by atoms with Gasteiger partial charge in [0.1, 0.15) is 5.78 Å². The Morgan fingerprint density at radius 3 is 2.22 bits per heavy atom. The third-order valence-corrected chi connectivity index (χ3v) is 5.82. The highest BCUT2D eigenvalue weighted by molar-refractivity contribution is 5.85. The summed E-state index contributed by atoms with van der Waals surface area (Å²) in [6.07, 6.45) is 9.19. The minimum atomic E-state index is 0.0319. The molecule has 0 radical (unpaired) electrons. The highest BCUT2D eigenvalue weighted by Crippen LogP contribution is 2.60. The van der Waals surface area contributed by atoms with E-state index in [2.05, 4.69) is 19.9 Å². The standard InChI is InChI=1S/C16H25NO/c1-3-4-14(18)16-9-6-15(7-10-16,8-11-16)13(2)5-12-17/h13H,3-11H2,1-2H3. The van der Waals surface area contributed by atoms with Crippen molar-refractivity contribution in [1.29, 1.82) is 5.26 Å². The topological polar surface area (TPSA) is 40.9 Å². The number of hydrogen-bond donors (Lipinski definition) is 0. The SMILES string of the molecule is CCCC(=O)C12CCC(C(C)CC#N)(CC1)CC2. The van der Waals surface area contributed by atoms with Crippen LogP contribution in [0.2, 0.25) is 0 Å². The minimum absolute atomic E-state index is 0.0319. The van der Waals surface area contributed by atoms with Crippen LogP contribution in [0.25, 0.3) is 0 Å². The van der Waals surface area contributed by atoms with E-state index in [0.29, 0.717) is 23.5 Å². The highest BCUT2D eigenvalue weighted by atomic mass is 16.1. The van der Waals surface area contributed by atoms with Crippen molar-refractivity contribution in [3.8, 4) is 6.07 Å². The molecule has 0 N–H and O–H groups in total. The number of carbonyl (C=O) groups excluding carboxylic acids is 1. The van der Waals surface area contributed by atoms with Crippen LogP contribution in [0.3, 0.4) is 0 Å². The average molecular weight is 247 g/mol. The molecular formula is C16H25NO. The van der Waals surface area contributed by atoms with Crippen molar-refractivity contribution in [1.82, 2.24) is 0 Å². The van der Waals surface area contributed by atoms with E-state index in [1.54, 1.807) is 0 Å². The lowest BCUT2D eigenvalue weighted by molar-refractivity contribution is -0.140. The zero-order valence-electron chi connectivity index (χ0n) is 11.8. The molecule has 3 saturated carbocycles. The predicted molar refractivity (Wildman–Crippen MR) is 71.9 cm³/mol. The van der Waals surface area contributed by atoms with Crippen molar-refractivity contribution >= 4 is 5.78 Å². The van der Waals surface area contributed by atoms with E-state index in [1.165, 1.54) is 19.3 Å². The summed E-state index contributed by atoms with van der Waals surface area (Å²) in [5.74, 6) is 1.02. The van der Waals surface area contributed by atoms with E-state index in [1.807, 2.05) is 0 Å². The Labute approximate surface area is 111 Å². The van der Waals surface area contributed by atoms with Gasteiger partial charge >= 0.3 is 0 Å². The third kappa shape index (κ3) is 2.09. The number of carbonyl (C=O) groups is 1. The van der Waals surface area contributed by atoms with Crippen LogP contribution in [-0.4, -0.2) is 5.78 Å². The lowest BCUT2D eigenvalue weighted by Crippen LogP contribution is -2.48. The number of nitriles is 1. The molecule has 0 aromatic carbocycles. The summed E-state index contributed by atoms with van der Waals surface area (Å²) < 4.78 is 0. The van der Waals surface area contributed by atoms with Gasteiger partial charge in [-0.25, -0.2) is 0 Å². The number of nitrogens with zero attached hydrogens (tertiary/aromatic N) is 1. The van der Waals surface area contributed by atoms with Gasteiger partial charge in [0.15, 0.2) is 0 Å². The van der Waals surface area contributed by atoms with Crippen LogP contribution in [0.15, 0.2) is 0 Å². The molecule has 3 aliphatic rings. The Bertz CT molecular complexity index is 341. The molecule has 0 aromatic heterocycles. The molecule has 0 saturated heterocycles. The summed E-state index contributed by atoms with van der Waals surface area (Å²) in [4.78, 5) is 12.3. The maximum absolute atomic E-state index is 12.3. The summed E-state index contributed by atoms with van der Waals surface area (Å²) in [7, 11) is 0. The second-order valence-corrected chi connectivity index (χ2v) is 6.58. The van der Waals surface area contributed by atoms with Crippen LogP contribution in [0.1, 0.15) is 71.6 Å². The Hall–Kier alpha value is -0.840. The van der Waals surface area contributed by atoms with Crippen LogP contribution in [0, 0.1) is 28.1 Å². The van der Waals surface area contributed by atoms with Gasteiger partial charge in [0.25, 0.3) is 0 Å². The predicted octanol–water partition coefficient (Wildman–Crippen LogP) is 4.25. The van der Waals surface area contributed by atoms with Gasteiger partial charge in [0.2, 0.25) is 0 Å². The fraction of sp³-hybridized carbons (Fsp3) is 0.875. The normalized spacial score (nSPS) is 36.1. The number of rotatable bonds is 5. The first-order valence-electron chi connectivity index (χ1n) is 7.49. The highest BCUT2D eigenvalue weighted by Gasteiger charge is 2.53. The fourth-order valence-electron chi connectivity index (χ4n) is 4.22. The van der Waals surface area contributed by atoms with Crippen LogP contribution >= 0.6 is 0 Å². The number of hydrogen-bond acceptors (Lipinski definition) is 2. The molecule has 1 atom stereocenters. The number of ketones is 1. The van der Waals surface area contributed by atoms with Crippen molar-refractivity contribution in [2.24, 2.45) is 16.7 Å². The maximum atomic E-state index is 12.3. The molecule has 1 unspecified atom stereocenters. The zero-order valence-corrected chi connectivity index (χ0v) is 11.8. The number of fused-ring (bicyclic) bond motifs is 3. The van der Waals surface area contributed by atoms with E-state index >= 15 is 0 Å². The molecule has 0 spiro atoms. The second kappa shape index (κ2) is 5.03. The molecule has 2 heteroatoms. The first-order valence-corrected chi connectivity index (χ1v) is 7.49. The maximum Gasteiger partial charge on any atom is 0.139 e. The molecule has 2 nitrogen and oxygen atoms in total. The van der Waals surface area contributed by atoms with Gasteiger partial charge < -0.3 is 0 Å². The average Bonchev–Trinajstić information content (AvgIpc) is 2.41. The monoisotopic (exact) mass is 247 g/mol. The van der Waals surface area contributed by atoms with Crippen LogP contribution in [0.5, 0.6) is 0 Å². The van der Waals surface area contributed by atoms with Crippen LogP contribution in [0.4, 0.5) is 0 Å². The lowest BCUT2D eigenvalue weighted by atomic mass is 9.49. The Morgan fingerprint density at radius 2 is 1.78 bits per heavy atom. The van der Waals surface area contributed by atoms with E-state index in [9.17, 15) is 4.79 Å². The molecule has 0 amide bonds. The van der Waals surface area contributed by atoms with Crippen molar-refractivity contribution in [3.05, 3.63) is 0 Å². The smallest absolute Gasteiger partial charge is 0.139 e. The number of Topliss-reactive ketones (excluding diaryl/α,β-unsaturated/α-hetero) is 1. The Morgan fingerprint density at radius 1 is 1.22 bits per heavy atom.